The molecule has 1 aromatic carbocycles. The lowest BCUT2D eigenvalue weighted by atomic mass is 10.0. The summed E-state index contributed by atoms with van der Waals surface area (Å²) < 4.78 is 31.6. The van der Waals surface area contributed by atoms with Crippen LogP contribution in [0.2, 0.25) is 0 Å². The van der Waals surface area contributed by atoms with E-state index in [1.165, 1.54) is 7.11 Å². The molecule has 3 nitrogen and oxygen atoms in total. The SMILES string of the molecule is COC(=O)C(CC(C)C)NC(C)c1cc(F)ccc1F. The van der Waals surface area contributed by atoms with Gasteiger partial charge in [-0.25, -0.2) is 8.78 Å². The number of methoxy groups -OCH3 is 1. The molecule has 0 bridgehead atoms. The number of carbonyl (C=O) groups excluding carboxylic acids is 1. The Morgan fingerprint density at radius 2 is 1.95 bits per heavy atom. The number of ether oxygens (including phenoxy) is 1. The zero-order valence-electron chi connectivity index (χ0n) is 12.2. The van der Waals surface area contributed by atoms with Crippen LogP contribution in [0.4, 0.5) is 8.78 Å². The summed E-state index contributed by atoms with van der Waals surface area (Å²) in [6, 6.07) is 2.25. The van der Waals surface area contributed by atoms with Crippen molar-refractivity contribution in [3.8, 4) is 0 Å². The van der Waals surface area contributed by atoms with Crippen molar-refractivity contribution in [1.29, 1.82) is 0 Å². The largest absolute Gasteiger partial charge is 0.468 e. The Balaban J connectivity index is 2.86. The highest BCUT2D eigenvalue weighted by atomic mass is 19.1. The van der Waals surface area contributed by atoms with Gasteiger partial charge >= 0.3 is 5.97 Å². The lowest BCUT2D eigenvalue weighted by molar-refractivity contribution is -0.143. The Morgan fingerprint density at radius 1 is 1.30 bits per heavy atom. The summed E-state index contributed by atoms with van der Waals surface area (Å²) in [5.41, 5.74) is 0.197. The van der Waals surface area contributed by atoms with Crippen LogP contribution in [0.25, 0.3) is 0 Å². The van der Waals surface area contributed by atoms with E-state index in [9.17, 15) is 13.6 Å². The molecule has 0 heterocycles. The van der Waals surface area contributed by atoms with Crippen molar-refractivity contribution in [3.63, 3.8) is 0 Å². The molecular weight excluding hydrogens is 264 g/mol. The lowest BCUT2D eigenvalue weighted by Gasteiger charge is -2.23. The van der Waals surface area contributed by atoms with Crippen LogP contribution in [0.1, 0.15) is 38.8 Å². The Bertz CT molecular complexity index is 463. The van der Waals surface area contributed by atoms with E-state index in [0.29, 0.717) is 6.42 Å². The molecule has 0 aliphatic heterocycles. The van der Waals surface area contributed by atoms with E-state index in [4.69, 9.17) is 4.74 Å². The van der Waals surface area contributed by atoms with Gasteiger partial charge in [0.2, 0.25) is 0 Å². The summed E-state index contributed by atoms with van der Waals surface area (Å²) in [4.78, 5) is 11.7. The molecule has 5 heteroatoms. The molecule has 2 atom stereocenters. The molecule has 0 aliphatic rings. The first-order valence-electron chi connectivity index (χ1n) is 6.64. The predicted molar refractivity (Wildman–Crippen MR) is 73.2 cm³/mol. The topological polar surface area (TPSA) is 38.3 Å². The summed E-state index contributed by atoms with van der Waals surface area (Å²) in [6.45, 7) is 5.64. The van der Waals surface area contributed by atoms with Crippen molar-refractivity contribution in [2.45, 2.75) is 39.3 Å². The second kappa shape index (κ2) is 7.33. The second-order valence-corrected chi connectivity index (χ2v) is 5.26. The van der Waals surface area contributed by atoms with Gasteiger partial charge in [0.1, 0.15) is 17.7 Å². The van der Waals surface area contributed by atoms with E-state index in [-0.39, 0.29) is 11.5 Å². The Morgan fingerprint density at radius 3 is 2.50 bits per heavy atom. The van der Waals surface area contributed by atoms with Crippen LogP contribution in [0, 0.1) is 17.6 Å². The van der Waals surface area contributed by atoms with Crippen molar-refractivity contribution < 1.29 is 18.3 Å². The van der Waals surface area contributed by atoms with Crippen LogP contribution >= 0.6 is 0 Å². The third-order valence-corrected chi connectivity index (χ3v) is 3.07. The molecular formula is C15H21F2NO2. The summed E-state index contributed by atoms with van der Waals surface area (Å²) >= 11 is 0. The van der Waals surface area contributed by atoms with Gasteiger partial charge in [0, 0.05) is 11.6 Å². The Kier molecular flexibility index (Phi) is 6.07. The van der Waals surface area contributed by atoms with Crippen molar-refractivity contribution >= 4 is 5.97 Å². The number of esters is 1. The van der Waals surface area contributed by atoms with Crippen molar-refractivity contribution in [1.82, 2.24) is 5.32 Å². The van der Waals surface area contributed by atoms with Crippen LogP contribution < -0.4 is 5.32 Å². The minimum atomic E-state index is -0.544. The summed E-state index contributed by atoms with van der Waals surface area (Å²) in [6.07, 6.45) is 0.563. The average Bonchev–Trinajstić information content (AvgIpc) is 2.39. The Labute approximate surface area is 118 Å². The van der Waals surface area contributed by atoms with Crippen molar-refractivity contribution in [2.75, 3.05) is 7.11 Å². The van der Waals surface area contributed by atoms with Gasteiger partial charge in [-0.1, -0.05) is 13.8 Å². The molecule has 0 aromatic heterocycles. The van der Waals surface area contributed by atoms with Crippen molar-refractivity contribution in [2.24, 2.45) is 5.92 Å². The molecule has 0 amide bonds. The first kappa shape index (κ1) is 16.6. The smallest absolute Gasteiger partial charge is 0.322 e. The molecule has 112 valence electrons. The standard InChI is InChI=1S/C15H21F2NO2/c1-9(2)7-14(15(19)20-4)18-10(3)12-8-11(16)5-6-13(12)17/h5-6,8-10,14,18H,7H2,1-4H3. The molecule has 2 unspecified atom stereocenters. The highest BCUT2D eigenvalue weighted by Gasteiger charge is 2.24. The minimum absolute atomic E-state index is 0.197. The highest BCUT2D eigenvalue weighted by Crippen LogP contribution is 2.20. The van der Waals surface area contributed by atoms with Crippen molar-refractivity contribution in [3.05, 3.63) is 35.4 Å². The molecule has 0 saturated carbocycles. The zero-order chi connectivity index (χ0) is 15.3. The zero-order valence-corrected chi connectivity index (χ0v) is 12.2. The fourth-order valence-corrected chi connectivity index (χ4v) is 2.08. The Hall–Kier alpha value is -1.49. The van der Waals surface area contributed by atoms with Crippen LogP contribution in [0.5, 0.6) is 0 Å². The van der Waals surface area contributed by atoms with Gasteiger partial charge in [0.25, 0.3) is 0 Å². The van der Waals surface area contributed by atoms with Crippen LogP contribution in [0.3, 0.4) is 0 Å². The third kappa shape index (κ3) is 4.56. The van der Waals surface area contributed by atoms with E-state index in [1.54, 1.807) is 6.92 Å². The fraction of sp³-hybridized carbons (Fsp3) is 0.533. The van der Waals surface area contributed by atoms with Gasteiger partial charge in [0.05, 0.1) is 7.11 Å². The van der Waals surface area contributed by atoms with E-state index >= 15 is 0 Å². The van der Waals surface area contributed by atoms with Gasteiger partial charge in [-0.05, 0) is 37.5 Å². The minimum Gasteiger partial charge on any atom is -0.468 e. The molecule has 1 rings (SSSR count). The molecule has 1 aromatic rings. The molecule has 0 radical (unpaired) electrons. The number of nitrogens with one attached hydrogen (secondary N) is 1. The van der Waals surface area contributed by atoms with Crippen LogP contribution in [-0.4, -0.2) is 19.1 Å². The first-order valence-corrected chi connectivity index (χ1v) is 6.64. The molecule has 20 heavy (non-hydrogen) atoms. The van der Waals surface area contributed by atoms with Crippen LogP contribution in [0.15, 0.2) is 18.2 Å². The van der Waals surface area contributed by atoms with E-state index < -0.39 is 29.7 Å². The quantitative estimate of drug-likeness (QED) is 0.816. The molecule has 0 aliphatic carbocycles. The monoisotopic (exact) mass is 285 g/mol. The number of hydrogen-bond donors (Lipinski definition) is 1. The summed E-state index contributed by atoms with van der Waals surface area (Å²) in [5, 5.41) is 3.00. The first-order chi connectivity index (χ1) is 9.35. The van der Waals surface area contributed by atoms with E-state index in [1.807, 2.05) is 13.8 Å². The van der Waals surface area contributed by atoms with Gasteiger partial charge in [-0.2, -0.15) is 0 Å². The maximum absolute atomic E-state index is 13.7. The fourth-order valence-electron chi connectivity index (χ4n) is 2.08. The van der Waals surface area contributed by atoms with Gasteiger partial charge in [-0.15, -0.1) is 0 Å². The summed E-state index contributed by atoms with van der Waals surface area (Å²) in [5.74, 6) is -1.13. The number of hydrogen-bond acceptors (Lipinski definition) is 3. The predicted octanol–water partition coefficient (Wildman–Crippen LogP) is 3.20. The molecule has 0 spiro atoms. The third-order valence-electron chi connectivity index (χ3n) is 3.07. The van der Waals surface area contributed by atoms with Gasteiger partial charge in [-0.3, -0.25) is 10.1 Å². The van der Waals surface area contributed by atoms with Crippen LogP contribution in [-0.2, 0) is 9.53 Å². The molecule has 1 N–H and O–H groups in total. The van der Waals surface area contributed by atoms with E-state index in [2.05, 4.69) is 5.32 Å². The maximum Gasteiger partial charge on any atom is 0.322 e. The number of benzene rings is 1. The highest BCUT2D eigenvalue weighted by molar-refractivity contribution is 5.75. The number of carbonyl (C=O) groups is 1. The van der Waals surface area contributed by atoms with Gasteiger partial charge in [0.15, 0.2) is 0 Å². The van der Waals surface area contributed by atoms with E-state index in [0.717, 1.165) is 18.2 Å². The van der Waals surface area contributed by atoms with Gasteiger partial charge < -0.3 is 4.74 Å². The molecule has 0 fully saturated rings. The normalized spacial score (nSPS) is 14.2. The summed E-state index contributed by atoms with van der Waals surface area (Å²) in [7, 11) is 1.31. The average molecular weight is 285 g/mol. The number of rotatable bonds is 6. The maximum atomic E-state index is 13.7. The molecule has 0 saturated heterocycles. The number of halogens is 2. The lowest BCUT2D eigenvalue weighted by Crippen LogP contribution is -2.40. The second-order valence-electron chi connectivity index (χ2n) is 5.26.